The smallest absolute Gasteiger partial charge is 0.225 e. The van der Waals surface area contributed by atoms with E-state index in [2.05, 4.69) is 57.7 Å². The number of nitrogens with zero attached hydrogens (tertiary/aromatic N) is 5. The molecule has 2 aromatic heterocycles. The standard InChI is InChI=1S/C21H27N7.HI/c1-14-11-17(19-18(12-14)15(2)16(3)26-19)13-25-20(22)27-7-9-28(10-8-27)21-23-5-4-6-24-21;/h4-6,11-12,26H,7-10,13H2,1-3H3,(H2,22,25);1H. The third-order valence-corrected chi connectivity index (χ3v) is 5.49. The molecule has 1 saturated heterocycles. The second-order valence-electron chi connectivity index (χ2n) is 7.42. The molecule has 3 N–H and O–H groups in total. The van der Waals surface area contributed by atoms with Crippen molar-refractivity contribution >= 4 is 46.8 Å². The van der Waals surface area contributed by atoms with E-state index < -0.39 is 0 Å². The summed E-state index contributed by atoms with van der Waals surface area (Å²) in [6.45, 7) is 10.3. The molecule has 3 heterocycles. The summed E-state index contributed by atoms with van der Waals surface area (Å²) in [6, 6.07) is 6.26. The minimum absolute atomic E-state index is 0. The number of benzene rings is 1. The lowest BCUT2D eigenvalue weighted by Gasteiger charge is -2.35. The topological polar surface area (TPSA) is 86.4 Å². The molecule has 0 amide bonds. The lowest BCUT2D eigenvalue weighted by Crippen LogP contribution is -2.51. The summed E-state index contributed by atoms with van der Waals surface area (Å²) >= 11 is 0. The van der Waals surface area contributed by atoms with Crippen molar-refractivity contribution in [2.45, 2.75) is 27.3 Å². The number of fused-ring (bicyclic) bond motifs is 1. The van der Waals surface area contributed by atoms with Crippen LogP contribution in [0, 0.1) is 20.8 Å². The molecule has 0 saturated carbocycles. The van der Waals surface area contributed by atoms with E-state index in [9.17, 15) is 0 Å². The predicted octanol–water partition coefficient (Wildman–Crippen LogP) is 3.14. The lowest BCUT2D eigenvalue weighted by molar-refractivity contribution is 0.378. The van der Waals surface area contributed by atoms with Gasteiger partial charge in [-0.15, -0.1) is 24.0 Å². The number of piperazine rings is 1. The molecule has 7 nitrogen and oxygen atoms in total. The summed E-state index contributed by atoms with van der Waals surface area (Å²) in [6.07, 6.45) is 3.55. The van der Waals surface area contributed by atoms with Crippen molar-refractivity contribution in [1.29, 1.82) is 0 Å². The van der Waals surface area contributed by atoms with Gasteiger partial charge in [0.25, 0.3) is 0 Å². The van der Waals surface area contributed by atoms with Gasteiger partial charge in [-0.3, -0.25) is 0 Å². The van der Waals surface area contributed by atoms with Gasteiger partial charge in [0, 0.05) is 49.7 Å². The summed E-state index contributed by atoms with van der Waals surface area (Å²) in [4.78, 5) is 21.2. The maximum Gasteiger partial charge on any atom is 0.225 e. The number of hydrogen-bond donors (Lipinski definition) is 2. The molecule has 0 aliphatic carbocycles. The zero-order chi connectivity index (χ0) is 19.7. The second kappa shape index (κ2) is 8.98. The van der Waals surface area contributed by atoms with E-state index in [-0.39, 0.29) is 24.0 Å². The van der Waals surface area contributed by atoms with E-state index in [0.717, 1.165) is 32.1 Å². The fourth-order valence-corrected chi connectivity index (χ4v) is 3.77. The maximum absolute atomic E-state index is 6.31. The van der Waals surface area contributed by atoms with Gasteiger partial charge in [0.2, 0.25) is 5.95 Å². The Labute approximate surface area is 188 Å². The largest absolute Gasteiger partial charge is 0.370 e. The number of halogens is 1. The van der Waals surface area contributed by atoms with Crippen LogP contribution in [0.25, 0.3) is 10.9 Å². The Bertz CT molecular complexity index is 1000. The number of anilines is 1. The van der Waals surface area contributed by atoms with Gasteiger partial charge in [0.15, 0.2) is 5.96 Å². The van der Waals surface area contributed by atoms with E-state index in [1.807, 2.05) is 6.07 Å². The first-order valence-electron chi connectivity index (χ1n) is 9.68. The first-order chi connectivity index (χ1) is 13.5. The van der Waals surface area contributed by atoms with E-state index >= 15 is 0 Å². The molecule has 0 spiro atoms. The number of guanidine groups is 1. The van der Waals surface area contributed by atoms with Gasteiger partial charge in [0.1, 0.15) is 0 Å². The molecule has 0 bridgehead atoms. The molecule has 29 heavy (non-hydrogen) atoms. The SMILES string of the molecule is Cc1cc(CN=C(N)N2CCN(c3ncccn3)CC2)c2[nH]c(C)c(C)c2c1.I. The van der Waals surface area contributed by atoms with Gasteiger partial charge < -0.3 is 20.5 Å². The molecule has 1 aliphatic heterocycles. The molecule has 1 fully saturated rings. The molecular formula is C21H28IN7. The number of hydrogen-bond acceptors (Lipinski definition) is 4. The van der Waals surface area contributed by atoms with Crippen molar-refractivity contribution in [1.82, 2.24) is 19.9 Å². The number of H-pyrrole nitrogens is 1. The Hall–Kier alpha value is -2.36. The first kappa shape index (κ1) is 21.4. The van der Waals surface area contributed by atoms with E-state index in [0.29, 0.717) is 12.5 Å². The number of aliphatic imine (C=N–C) groups is 1. The highest BCUT2D eigenvalue weighted by Gasteiger charge is 2.20. The van der Waals surface area contributed by atoms with Crippen molar-refractivity contribution in [2.24, 2.45) is 10.7 Å². The van der Waals surface area contributed by atoms with Crippen LogP contribution < -0.4 is 10.6 Å². The molecule has 0 unspecified atom stereocenters. The molecule has 4 rings (SSSR count). The molecule has 154 valence electrons. The minimum Gasteiger partial charge on any atom is -0.370 e. The number of nitrogens with two attached hydrogens (primary N) is 1. The maximum atomic E-state index is 6.31. The molecule has 0 atom stereocenters. The highest BCUT2D eigenvalue weighted by atomic mass is 127. The zero-order valence-electron chi connectivity index (χ0n) is 17.1. The van der Waals surface area contributed by atoms with Crippen LogP contribution in [0.4, 0.5) is 5.95 Å². The third kappa shape index (κ3) is 4.47. The van der Waals surface area contributed by atoms with Crippen LogP contribution >= 0.6 is 24.0 Å². The van der Waals surface area contributed by atoms with Crippen LogP contribution in [0.3, 0.4) is 0 Å². The summed E-state index contributed by atoms with van der Waals surface area (Å²) in [5, 5.41) is 1.28. The summed E-state index contributed by atoms with van der Waals surface area (Å²) in [5.41, 5.74) is 12.4. The Balaban J connectivity index is 0.00000240. The van der Waals surface area contributed by atoms with Gasteiger partial charge in [-0.2, -0.15) is 0 Å². The van der Waals surface area contributed by atoms with Crippen LogP contribution in [0.5, 0.6) is 0 Å². The summed E-state index contributed by atoms with van der Waals surface area (Å²) < 4.78 is 0. The fourth-order valence-electron chi connectivity index (χ4n) is 3.77. The van der Waals surface area contributed by atoms with Gasteiger partial charge in [0.05, 0.1) is 12.1 Å². The van der Waals surface area contributed by atoms with Crippen LogP contribution in [0.1, 0.15) is 22.4 Å². The van der Waals surface area contributed by atoms with Crippen molar-refractivity contribution in [3.05, 3.63) is 53.0 Å². The second-order valence-corrected chi connectivity index (χ2v) is 7.42. The Morgan fingerprint density at radius 3 is 2.48 bits per heavy atom. The van der Waals surface area contributed by atoms with E-state index in [1.54, 1.807) is 12.4 Å². The molecule has 8 heteroatoms. The predicted molar refractivity (Wildman–Crippen MR) is 129 cm³/mol. The number of nitrogens with one attached hydrogen (secondary N) is 1. The van der Waals surface area contributed by atoms with Crippen LogP contribution in [0.2, 0.25) is 0 Å². The lowest BCUT2D eigenvalue weighted by atomic mass is 10.0. The number of aromatic nitrogens is 3. The Kier molecular flexibility index (Phi) is 6.61. The average Bonchev–Trinajstić information content (AvgIpc) is 3.01. The van der Waals surface area contributed by atoms with Crippen molar-refractivity contribution in [2.75, 3.05) is 31.1 Å². The molecule has 1 aliphatic rings. The third-order valence-electron chi connectivity index (χ3n) is 5.49. The number of aromatic amines is 1. The zero-order valence-corrected chi connectivity index (χ0v) is 19.5. The Morgan fingerprint density at radius 1 is 1.10 bits per heavy atom. The van der Waals surface area contributed by atoms with E-state index in [1.165, 1.54) is 33.3 Å². The van der Waals surface area contributed by atoms with E-state index in [4.69, 9.17) is 10.7 Å². The molecule has 1 aromatic carbocycles. The number of rotatable bonds is 3. The Morgan fingerprint density at radius 2 is 1.79 bits per heavy atom. The summed E-state index contributed by atoms with van der Waals surface area (Å²) in [7, 11) is 0. The van der Waals surface area contributed by atoms with Crippen molar-refractivity contribution in [3.8, 4) is 0 Å². The summed E-state index contributed by atoms with van der Waals surface area (Å²) in [5.74, 6) is 1.38. The fraction of sp³-hybridized carbons (Fsp3) is 0.381. The number of aryl methyl sites for hydroxylation is 3. The molecule has 3 aromatic rings. The molecule has 0 radical (unpaired) electrons. The quantitative estimate of drug-likeness (QED) is 0.325. The highest BCUT2D eigenvalue weighted by Crippen LogP contribution is 2.26. The monoisotopic (exact) mass is 505 g/mol. The van der Waals surface area contributed by atoms with Crippen LogP contribution in [-0.4, -0.2) is 52.0 Å². The molecular weight excluding hydrogens is 477 g/mol. The van der Waals surface area contributed by atoms with Crippen LogP contribution in [-0.2, 0) is 6.54 Å². The van der Waals surface area contributed by atoms with Gasteiger partial charge in [-0.1, -0.05) is 11.6 Å². The van der Waals surface area contributed by atoms with Gasteiger partial charge >= 0.3 is 0 Å². The average molecular weight is 505 g/mol. The van der Waals surface area contributed by atoms with Crippen molar-refractivity contribution < 1.29 is 0 Å². The van der Waals surface area contributed by atoms with Crippen LogP contribution in [0.15, 0.2) is 35.6 Å². The van der Waals surface area contributed by atoms with Gasteiger partial charge in [-0.05, 0) is 44.0 Å². The normalized spacial score (nSPS) is 14.9. The first-order valence-corrected chi connectivity index (χ1v) is 9.68. The van der Waals surface area contributed by atoms with Gasteiger partial charge in [-0.25, -0.2) is 15.0 Å². The highest BCUT2D eigenvalue weighted by molar-refractivity contribution is 14.0. The minimum atomic E-state index is 0. The van der Waals surface area contributed by atoms with Crippen molar-refractivity contribution in [3.63, 3.8) is 0 Å².